The molecule has 0 bridgehead atoms. The number of aryl methyl sites for hydroxylation is 4. The Morgan fingerprint density at radius 2 is 0.549 bits per heavy atom. The molecule has 2 aliphatic rings. The van der Waals surface area contributed by atoms with E-state index >= 15 is 0 Å². The first-order chi connectivity index (χ1) is 44.7. The molecule has 0 N–H and O–H groups in total. The van der Waals surface area contributed by atoms with Crippen LogP contribution in [0.2, 0.25) is 0 Å². The third-order valence-electron chi connectivity index (χ3n) is 19.1. The van der Waals surface area contributed by atoms with E-state index in [0.717, 1.165) is 62.7 Å². The van der Waals surface area contributed by atoms with E-state index in [1.807, 2.05) is 0 Å². The predicted octanol–water partition coefficient (Wildman–Crippen LogP) is 25.6. The van der Waals surface area contributed by atoms with Gasteiger partial charge in [-0.3, -0.25) is 0 Å². The Morgan fingerprint density at radius 3 is 0.890 bits per heavy atom. The molecule has 0 spiro atoms. The number of hydrogen-bond donors (Lipinski definition) is 0. The lowest BCUT2D eigenvalue weighted by atomic mass is 9.85. The summed E-state index contributed by atoms with van der Waals surface area (Å²) in [7, 11) is 0. The summed E-state index contributed by atoms with van der Waals surface area (Å²) in [6, 6.07) is 93.4. The molecule has 91 heavy (non-hydrogen) atoms. The molecule has 2 fully saturated rings. The maximum Gasteiger partial charge on any atom is 0.0468 e. The van der Waals surface area contributed by atoms with Gasteiger partial charge >= 0.3 is 0 Å². The predicted molar refractivity (Wildman–Crippen MR) is 394 cm³/mol. The number of hydrogen-bond acceptors (Lipinski definition) is 3. The molecular formula is C88H81N3. The van der Waals surface area contributed by atoms with Gasteiger partial charge in [0, 0.05) is 51.2 Å². The fourth-order valence-electron chi connectivity index (χ4n) is 13.9. The molecule has 3 heteroatoms. The Kier molecular flexibility index (Phi) is 17.2. The standard InChI is InChI=1S/C88H81N3/c1-62-15-39-74(40-16-62)89(75-41-17-63(2)18-42-75)80-51-54-83-86(59-80)84-55-52-81(90(76-43-19-64(3)20-44-76)78-47-35-68(36-48-78)25-23-66-27-31-72(32-28-66)57-70-11-7-5-8-12-70)61-88(84)85-56-53-82(60-87(83)85)91(77-45-21-65(4)22-46-77)79-49-37-69(38-50-79)26-24-67-29-33-73(34-30-67)58-71-13-9-6-10-14-71/h15-57,59-61,71H,5-14,58H2,1-4H3. The summed E-state index contributed by atoms with van der Waals surface area (Å²) in [5.74, 6) is 0.836. The number of allylic oxidation sites excluding steroid dienone is 1. The molecule has 2 aliphatic carbocycles. The average molecular weight is 1180 g/mol. The maximum atomic E-state index is 2.43. The summed E-state index contributed by atoms with van der Waals surface area (Å²) in [5.41, 5.74) is 23.9. The second kappa shape index (κ2) is 26.6. The largest absolute Gasteiger partial charge is 0.310 e. The summed E-state index contributed by atoms with van der Waals surface area (Å²) >= 11 is 0. The van der Waals surface area contributed by atoms with E-state index in [0.29, 0.717) is 0 Å². The lowest BCUT2D eigenvalue weighted by molar-refractivity contribution is 0.356. The highest BCUT2D eigenvalue weighted by atomic mass is 15.2. The zero-order valence-corrected chi connectivity index (χ0v) is 53.3. The Morgan fingerprint density at radius 1 is 0.275 bits per heavy atom. The SMILES string of the molecule is Cc1ccc(N(c2ccc(C)cc2)c2ccc3c(c2)c2ccc(N(c4ccc(C)cc4)c4ccc(C=Cc5ccc(C=C6CCCCC6)cc5)cc4)cc2c2ccc(N(c4ccc(C)cc4)c4ccc(C=Cc5ccc(CC6CCCCC6)cc5)cc4)cc32)cc1. The first kappa shape index (κ1) is 58.7. The van der Waals surface area contributed by atoms with E-state index in [-0.39, 0.29) is 0 Å². The smallest absolute Gasteiger partial charge is 0.0468 e. The van der Waals surface area contributed by atoms with Crippen molar-refractivity contribution >= 4 is 114 Å². The second-order valence-electron chi connectivity index (χ2n) is 25.9. The van der Waals surface area contributed by atoms with Crippen LogP contribution >= 0.6 is 0 Å². The van der Waals surface area contributed by atoms with Crippen molar-refractivity contribution in [2.45, 2.75) is 98.3 Å². The molecule has 3 nitrogen and oxygen atoms in total. The van der Waals surface area contributed by atoms with Crippen molar-refractivity contribution in [1.29, 1.82) is 0 Å². The van der Waals surface area contributed by atoms with Crippen LogP contribution in [-0.2, 0) is 6.42 Å². The van der Waals surface area contributed by atoms with E-state index in [2.05, 4.69) is 321 Å². The van der Waals surface area contributed by atoms with E-state index in [1.165, 1.54) is 153 Å². The van der Waals surface area contributed by atoms with Gasteiger partial charge < -0.3 is 14.7 Å². The van der Waals surface area contributed by atoms with Crippen molar-refractivity contribution in [1.82, 2.24) is 0 Å². The first-order valence-electron chi connectivity index (χ1n) is 33.2. The minimum absolute atomic E-state index is 0.836. The third kappa shape index (κ3) is 13.4. The van der Waals surface area contributed by atoms with E-state index in [9.17, 15) is 0 Å². The van der Waals surface area contributed by atoms with Gasteiger partial charge in [-0.1, -0.05) is 236 Å². The molecule has 0 atom stereocenters. The van der Waals surface area contributed by atoms with Crippen molar-refractivity contribution < 1.29 is 0 Å². The zero-order valence-electron chi connectivity index (χ0n) is 53.3. The van der Waals surface area contributed by atoms with Gasteiger partial charge in [0.1, 0.15) is 0 Å². The summed E-state index contributed by atoms with van der Waals surface area (Å²) in [6.07, 6.45) is 26.0. The lowest BCUT2D eigenvalue weighted by Gasteiger charge is -2.28. The molecule has 2 saturated carbocycles. The molecule has 0 aromatic heterocycles. The van der Waals surface area contributed by atoms with Crippen molar-refractivity contribution in [2.24, 2.45) is 5.92 Å². The van der Waals surface area contributed by atoms with Crippen LogP contribution in [0.5, 0.6) is 0 Å². The van der Waals surface area contributed by atoms with Crippen LogP contribution in [0.15, 0.2) is 254 Å². The Labute approximate surface area is 539 Å². The Balaban J connectivity index is 0.867. The van der Waals surface area contributed by atoms with Gasteiger partial charge in [-0.15, -0.1) is 0 Å². The average Bonchev–Trinajstić information content (AvgIpc) is 0.746. The van der Waals surface area contributed by atoms with Gasteiger partial charge in [0.2, 0.25) is 0 Å². The summed E-state index contributed by atoms with van der Waals surface area (Å²) < 4.78 is 0. The number of anilines is 9. The van der Waals surface area contributed by atoms with Crippen molar-refractivity contribution in [2.75, 3.05) is 14.7 Å². The highest BCUT2D eigenvalue weighted by Gasteiger charge is 2.22. The number of benzene rings is 12. The molecule has 12 aromatic rings. The molecule has 12 aromatic carbocycles. The van der Waals surface area contributed by atoms with Gasteiger partial charge in [0.25, 0.3) is 0 Å². The first-order valence-corrected chi connectivity index (χ1v) is 33.2. The topological polar surface area (TPSA) is 9.72 Å². The summed E-state index contributed by atoms with van der Waals surface area (Å²) in [5, 5.41) is 7.17. The van der Waals surface area contributed by atoms with E-state index in [4.69, 9.17) is 0 Å². The van der Waals surface area contributed by atoms with Crippen LogP contribution < -0.4 is 14.7 Å². The molecule has 0 unspecified atom stereocenters. The van der Waals surface area contributed by atoms with Gasteiger partial charge in [0.15, 0.2) is 0 Å². The molecule has 0 radical (unpaired) electrons. The van der Waals surface area contributed by atoms with Gasteiger partial charge in [-0.25, -0.2) is 0 Å². The molecule has 0 aliphatic heterocycles. The minimum Gasteiger partial charge on any atom is -0.310 e. The van der Waals surface area contributed by atoms with Gasteiger partial charge in [0.05, 0.1) is 0 Å². The molecule has 0 saturated heterocycles. The van der Waals surface area contributed by atoms with Crippen LogP contribution in [0.25, 0.3) is 62.7 Å². The highest BCUT2D eigenvalue weighted by Crippen LogP contribution is 2.46. The lowest BCUT2D eigenvalue weighted by Crippen LogP contribution is -2.11. The summed E-state index contributed by atoms with van der Waals surface area (Å²) in [4.78, 5) is 7.23. The second-order valence-corrected chi connectivity index (χ2v) is 25.9. The monoisotopic (exact) mass is 1180 g/mol. The van der Waals surface area contributed by atoms with Crippen molar-refractivity contribution in [3.05, 3.63) is 310 Å². The van der Waals surface area contributed by atoms with E-state index < -0.39 is 0 Å². The quantitative estimate of drug-likeness (QED) is 0.0705. The van der Waals surface area contributed by atoms with Gasteiger partial charge in [-0.05, 0) is 241 Å². The van der Waals surface area contributed by atoms with Crippen LogP contribution in [0, 0.1) is 33.6 Å². The van der Waals surface area contributed by atoms with E-state index in [1.54, 1.807) is 5.57 Å². The molecule has 0 heterocycles. The fourth-order valence-corrected chi connectivity index (χ4v) is 13.9. The highest BCUT2D eigenvalue weighted by molar-refractivity contribution is 6.27. The normalized spacial score (nSPS) is 13.8. The third-order valence-corrected chi connectivity index (χ3v) is 19.1. The molecule has 14 rings (SSSR count). The molecule has 448 valence electrons. The van der Waals surface area contributed by atoms with Crippen molar-refractivity contribution in [3.8, 4) is 0 Å². The van der Waals surface area contributed by atoms with Crippen LogP contribution in [-0.4, -0.2) is 0 Å². The number of nitrogens with zero attached hydrogens (tertiary/aromatic N) is 3. The summed E-state index contributed by atoms with van der Waals surface area (Å²) in [6.45, 7) is 8.64. The van der Waals surface area contributed by atoms with Gasteiger partial charge in [-0.2, -0.15) is 0 Å². The van der Waals surface area contributed by atoms with Crippen LogP contribution in [0.1, 0.15) is 120 Å². The Hall–Kier alpha value is -9.96. The number of fused-ring (bicyclic) bond motifs is 6. The molecule has 0 amide bonds. The van der Waals surface area contributed by atoms with Crippen LogP contribution in [0.4, 0.5) is 51.2 Å². The fraction of sp³-hybridized carbons (Fsp3) is 0.182. The maximum absolute atomic E-state index is 2.43. The molecular weight excluding hydrogens is 1100 g/mol. The van der Waals surface area contributed by atoms with Crippen LogP contribution in [0.3, 0.4) is 0 Å². The number of rotatable bonds is 16. The minimum atomic E-state index is 0.836. The zero-order chi connectivity index (χ0) is 61.6. The van der Waals surface area contributed by atoms with Crippen molar-refractivity contribution in [3.63, 3.8) is 0 Å². The Bertz CT molecular complexity index is 4530.